The van der Waals surface area contributed by atoms with E-state index in [2.05, 4.69) is 10.2 Å². The number of hydrogen-bond donors (Lipinski definition) is 1. The van der Waals surface area contributed by atoms with E-state index >= 15 is 0 Å². The van der Waals surface area contributed by atoms with Crippen molar-refractivity contribution in [3.63, 3.8) is 0 Å². The van der Waals surface area contributed by atoms with Crippen LogP contribution in [0, 0.1) is 5.92 Å². The molecule has 0 atom stereocenters. The van der Waals surface area contributed by atoms with Crippen LogP contribution in [0.1, 0.15) is 45.5 Å². The van der Waals surface area contributed by atoms with E-state index in [1.165, 1.54) is 0 Å². The van der Waals surface area contributed by atoms with Crippen LogP contribution in [-0.4, -0.2) is 44.4 Å². The fourth-order valence-corrected chi connectivity index (χ4v) is 2.62. The highest BCUT2D eigenvalue weighted by Crippen LogP contribution is 2.34. The van der Waals surface area contributed by atoms with E-state index in [-0.39, 0.29) is 11.8 Å². The summed E-state index contributed by atoms with van der Waals surface area (Å²) in [5.41, 5.74) is -0.576. The van der Waals surface area contributed by atoms with Crippen molar-refractivity contribution >= 4 is 6.09 Å². The summed E-state index contributed by atoms with van der Waals surface area (Å²) in [5, 5.41) is 6.65. The molecule has 0 aromatic carbocycles. The predicted octanol–water partition coefficient (Wildman–Crippen LogP) is 1.32. The Bertz CT molecular complexity index is 588. The molecule has 1 aliphatic heterocycles. The molecule has 21 heavy (non-hydrogen) atoms. The molecule has 2 fully saturated rings. The van der Waals surface area contributed by atoms with Gasteiger partial charge in [0.15, 0.2) is 0 Å². The normalized spacial score (nSPS) is 19.5. The van der Waals surface area contributed by atoms with Crippen LogP contribution in [0.4, 0.5) is 4.79 Å². The third kappa shape index (κ3) is 3.11. The number of carbonyl (C=O) groups excluding carboxylic acids is 1. The van der Waals surface area contributed by atoms with E-state index < -0.39 is 5.60 Å². The molecule has 0 unspecified atom stereocenters. The number of nitrogens with zero attached hydrogens (tertiary/aromatic N) is 3. The number of likely N-dealkylation sites (tertiary alicyclic amines) is 1. The van der Waals surface area contributed by atoms with Gasteiger partial charge < -0.3 is 9.64 Å². The van der Waals surface area contributed by atoms with E-state index in [4.69, 9.17) is 4.74 Å². The first-order valence-corrected chi connectivity index (χ1v) is 7.47. The van der Waals surface area contributed by atoms with Crippen molar-refractivity contribution < 1.29 is 9.53 Å². The highest BCUT2D eigenvalue weighted by atomic mass is 16.6. The van der Waals surface area contributed by atoms with Gasteiger partial charge in [0.05, 0.1) is 0 Å². The lowest BCUT2D eigenvalue weighted by atomic mass is 9.96. The summed E-state index contributed by atoms with van der Waals surface area (Å²) in [6.45, 7) is 6.92. The molecule has 7 heteroatoms. The summed E-state index contributed by atoms with van der Waals surface area (Å²) >= 11 is 0. The minimum Gasteiger partial charge on any atom is -0.444 e. The highest BCUT2D eigenvalue weighted by Gasteiger charge is 2.36. The standard InChI is InChI=1S/C14H22N4O3/c1-14(2,3)21-13(20)17-7-9(8-17)6-11-15-16-12(19)18(11)10-4-5-10/h9-10H,4-8H2,1-3H3,(H,16,19). The second-order valence-corrected chi connectivity index (χ2v) is 7.00. The number of ether oxygens (including phenoxy) is 1. The Hall–Kier alpha value is -1.79. The maximum absolute atomic E-state index is 11.9. The van der Waals surface area contributed by atoms with E-state index in [0.717, 1.165) is 25.1 Å². The van der Waals surface area contributed by atoms with Crippen molar-refractivity contribution in [2.45, 2.75) is 51.7 Å². The summed E-state index contributed by atoms with van der Waals surface area (Å²) in [7, 11) is 0. The minimum absolute atomic E-state index is 0.115. The number of nitrogens with one attached hydrogen (secondary N) is 1. The number of hydrogen-bond acceptors (Lipinski definition) is 4. The average molecular weight is 294 g/mol. The lowest BCUT2D eigenvalue weighted by molar-refractivity contribution is -0.00126. The van der Waals surface area contributed by atoms with Crippen LogP contribution in [-0.2, 0) is 11.2 Å². The van der Waals surface area contributed by atoms with E-state index in [0.29, 0.717) is 25.0 Å². The maximum atomic E-state index is 11.9. The summed E-state index contributed by atoms with van der Waals surface area (Å²) < 4.78 is 7.10. The van der Waals surface area contributed by atoms with Gasteiger partial charge in [-0.25, -0.2) is 14.7 Å². The van der Waals surface area contributed by atoms with E-state index in [9.17, 15) is 9.59 Å². The number of rotatable bonds is 3. The molecule has 3 rings (SSSR count). The average Bonchev–Trinajstić information content (AvgIpc) is 3.06. The van der Waals surface area contributed by atoms with Crippen LogP contribution in [0.15, 0.2) is 4.79 Å². The van der Waals surface area contributed by atoms with Crippen LogP contribution >= 0.6 is 0 Å². The van der Waals surface area contributed by atoms with Gasteiger partial charge in [-0.05, 0) is 33.6 Å². The quantitative estimate of drug-likeness (QED) is 0.911. The van der Waals surface area contributed by atoms with Crippen molar-refractivity contribution in [1.82, 2.24) is 19.7 Å². The molecule has 1 aromatic heterocycles. The summed E-state index contributed by atoms with van der Waals surface area (Å²) in [4.78, 5) is 25.3. The molecule has 2 heterocycles. The van der Waals surface area contributed by atoms with Gasteiger partial charge in [-0.1, -0.05) is 0 Å². The van der Waals surface area contributed by atoms with Gasteiger partial charge in [0.2, 0.25) is 0 Å². The van der Waals surface area contributed by atoms with Gasteiger partial charge in [0, 0.05) is 31.5 Å². The van der Waals surface area contributed by atoms with Gasteiger partial charge in [0.25, 0.3) is 0 Å². The van der Waals surface area contributed by atoms with Crippen LogP contribution in [0.25, 0.3) is 0 Å². The van der Waals surface area contributed by atoms with Crippen LogP contribution < -0.4 is 5.69 Å². The van der Waals surface area contributed by atoms with Crippen molar-refractivity contribution in [2.24, 2.45) is 5.92 Å². The Balaban J connectivity index is 1.53. The topological polar surface area (TPSA) is 80.2 Å². The second kappa shape index (κ2) is 4.89. The third-order valence-corrected chi connectivity index (χ3v) is 3.77. The Labute approximate surface area is 123 Å². The molecule has 0 spiro atoms. The number of aromatic nitrogens is 3. The molecule has 7 nitrogen and oxygen atoms in total. The molecule has 1 saturated carbocycles. The van der Waals surface area contributed by atoms with E-state index in [1.54, 1.807) is 9.47 Å². The highest BCUT2D eigenvalue weighted by molar-refractivity contribution is 5.69. The van der Waals surface area contributed by atoms with Gasteiger partial charge in [-0.2, -0.15) is 5.10 Å². The minimum atomic E-state index is -0.461. The summed E-state index contributed by atoms with van der Waals surface area (Å²) in [5.74, 6) is 1.17. The van der Waals surface area contributed by atoms with Crippen LogP contribution in [0.3, 0.4) is 0 Å². The molecule has 0 bridgehead atoms. The van der Waals surface area contributed by atoms with Gasteiger partial charge >= 0.3 is 11.8 Å². The van der Waals surface area contributed by atoms with E-state index in [1.807, 2.05) is 20.8 Å². The number of aromatic amines is 1. The fourth-order valence-electron chi connectivity index (χ4n) is 2.62. The first-order chi connectivity index (χ1) is 9.83. The SMILES string of the molecule is CC(C)(C)OC(=O)N1CC(Cc2n[nH]c(=O)n2C2CC2)C1. The number of carbonyl (C=O) groups is 1. The second-order valence-electron chi connectivity index (χ2n) is 7.00. The van der Waals surface area contributed by atoms with Crippen LogP contribution in [0.2, 0.25) is 0 Å². The largest absolute Gasteiger partial charge is 0.444 e. The fraction of sp³-hybridized carbons (Fsp3) is 0.786. The van der Waals surface area contributed by atoms with Gasteiger partial charge in [0.1, 0.15) is 11.4 Å². The molecule has 2 aliphatic rings. The molecule has 1 N–H and O–H groups in total. The molecule has 1 aromatic rings. The Morgan fingerprint density at radius 1 is 1.38 bits per heavy atom. The Morgan fingerprint density at radius 3 is 2.62 bits per heavy atom. The zero-order valence-electron chi connectivity index (χ0n) is 12.8. The lowest BCUT2D eigenvalue weighted by Gasteiger charge is -2.39. The molecule has 1 aliphatic carbocycles. The number of amides is 1. The molecular weight excluding hydrogens is 272 g/mol. The smallest absolute Gasteiger partial charge is 0.410 e. The molecule has 0 radical (unpaired) electrons. The first-order valence-electron chi connectivity index (χ1n) is 7.47. The van der Waals surface area contributed by atoms with Crippen molar-refractivity contribution in [3.8, 4) is 0 Å². The molecular formula is C14H22N4O3. The van der Waals surface area contributed by atoms with Gasteiger partial charge in [-0.15, -0.1) is 0 Å². The monoisotopic (exact) mass is 294 g/mol. The molecule has 1 saturated heterocycles. The molecule has 116 valence electrons. The Morgan fingerprint density at radius 2 is 2.05 bits per heavy atom. The lowest BCUT2D eigenvalue weighted by Crippen LogP contribution is -2.52. The van der Waals surface area contributed by atoms with Gasteiger partial charge in [-0.3, -0.25) is 4.57 Å². The van der Waals surface area contributed by atoms with Crippen molar-refractivity contribution in [2.75, 3.05) is 13.1 Å². The maximum Gasteiger partial charge on any atom is 0.410 e. The first kappa shape index (κ1) is 14.2. The Kier molecular flexibility index (Phi) is 3.30. The summed E-state index contributed by atoms with van der Waals surface area (Å²) in [6, 6.07) is 0.327. The summed E-state index contributed by atoms with van der Waals surface area (Å²) in [6.07, 6.45) is 2.58. The third-order valence-electron chi connectivity index (χ3n) is 3.77. The number of H-pyrrole nitrogens is 1. The van der Waals surface area contributed by atoms with Crippen molar-refractivity contribution in [3.05, 3.63) is 16.3 Å². The zero-order valence-corrected chi connectivity index (χ0v) is 12.8. The predicted molar refractivity (Wildman–Crippen MR) is 76.1 cm³/mol. The molecule has 1 amide bonds. The van der Waals surface area contributed by atoms with Crippen molar-refractivity contribution in [1.29, 1.82) is 0 Å². The van der Waals surface area contributed by atoms with Crippen LogP contribution in [0.5, 0.6) is 0 Å². The zero-order chi connectivity index (χ0) is 15.2.